The lowest BCUT2D eigenvalue weighted by atomic mass is 10.00. The summed E-state index contributed by atoms with van der Waals surface area (Å²) < 4.78 is 27.7. The van der Waals surface area contributed by atoms with Gasteiger partial charge in [0.25, 0.3) is 15.9 Å². The molecule has 1 N–H and O–H groups in total. The van der Waals surface area contributed by atoms with Crippen molar-refractivity contribution in [3.63, 3.8) is 0 Å². The van der Waals surface area contributed by atoms with Crippen LogP contribution in [0.2, 0.25) is 0 Å². The fourth-order valence-electron chi connectivity index (χ4n) is 4.13. The van der Waals surface area contributed by atoms with Gasteiger partial charge in [-0.15, -0.1) is 0 Å². The Labute approximate surface area is 183 Å². The number of carbonyl (C=O) groups is 1. The van der Waals surface area contributed by atoms with Crippen LogP contribution in [-0.4, -0.2) is 20.9 Å². The average molecular weight is 435 g/mol. The molecule has 0 fully saturated rings. The molecule has 0 aliphatic carbocycles. The number of rotatable bonds is 5. The SMILES string of the molecule is Cc1ccc(C(C)NC(=O)c2ccc3c(c2)N(S(=O)(=O)c2ccccc2)CC3)c(C)c1. The van der Waals surface area contributed by atoms with Crippen LogP contribution in [0.5, 0.6) is 0 Å². The molecule has 3 aromatic carbocycles. The second-order valence-electron chi connectivity index (χ2n) is 8.04. The third kappa shape index (κ3) is 4.08. The second-order valence-corrected chi connectivity index (χ2v) is 9.90. The Morgan fingerprint density at radius 3 is 2.45 bits per heavy atom. The largest absolute Gasteiger partial charge is 0.346 e. The molecule has 5 nitrogen and oxygen atoms in total. The summed E-state index contributed by atoms with van der Waals surface area (Å²) in [5, 5.41) is 3.04. The highest BCUT2D eigenvalue weighted by molar-refractivity contribution is 7.92. The Morgan fingerprint density at radius 2 is 1.74 bits per heavy atom. The van der Waals surface area contributed by atoms with Gasteiger partial charge in [-0.05, 0) is 68.1 Å². The highest BCUT2D eigenvalue weighted by atomic mass is 32.2. The second kappa shape index (κ2) is 8.19. The zero-order chi connectivity index (χ0) is 22.2. The van der Waals surface area contributed by atoms with Gasteiger partial charge in [-0.1, -0.05) is 48.0 Å². The maximum absolute atomic E-state index is 13.1. The highest BCUT2D eigenvalue weighted by Crippen LogP contribution is 2.34. The van der Waals surface area contributed by atoms with Crippen molar-refractivity contribution in [2.24, 2.45) is 0 Å². The number of sulfonamides is 1. The van der Waals surface area contributed by atoms with E-state index in [-0.39, 0.29) is 16.8 Å². The molecule has 4 rings (SSSR count). The first kappa shape index (κ1) is 21.1. The molecule has 0 radical (unpaired) electrons. The van der Waals surface area contributed by atoms with Gasteiger partial charge in [0.2, 0.25) is 0 Å². The van der Waals surface area contributed by atoms with Gasteiger partial charge >= 0.3 is 0 Å². The molecule has 0 bridgehead atoms. The van der Waals surface area contributed by atoms with Crippen LogP contribution in [0.3, 0.4) is 0 Å². The first-order valence-electron chi connectivity index (χ1n) is 10.4. The van der Waals surface area contributed by atoms with Gasteiger partial charge in [0, 0.05) is 12.1 Å². The average Bonchev–Trinajstić information content (AvgIpc) is 3.18. The summed E-state index contributed by atoms with van der Waals surface area (Å²) >= 11 is 0. The van der Waals surface area contributed by atoms with E-state index in [0.717, 1.165) is 16.7 Å². The van der Waals surface area contributed by atoms with E-state index in [9.17, 15) is 13.2 Å². The standard InChI is InChI=1S/C25H26N2O3S/c1-17-9-12-23(18(2)15-17)19(3)26-25(28)21-11-10-20-13-14-27(24(20)16-21)31(29,30)22-7-5-4-6-8-22/h4-12,15-16,19H,13-14H2,1-3H3,(H,26,28). The summed E-state index contributed by atoms with van der Waals surface area (Å²) in [6.45, 7) is 6.40. The van der Waals surface area contributed by atoms with Crippen LogP contribution >= 0.6 is 0 Å². The minimum atomic E-state index is -3.67. The third-order valence-electron chi connectivity index (χ3n) is 5.77. The van der Waals surface area contributed by atoms with Crippen LogP contribution in [-0.2, 0) is 16.4 Å². The van der Waals surface area contributed by atoms with Gasteiger partial charge in [-0.3, -0.25) is 9.10 Å². The zero-order valence-electron chi connectivity index (χ0n) is 17.9. The molecule has 0 saturated heterocycles. The minimum Gasteiger partial charge on any atom is -0.346 e. The maximum Gasteiger partial charge on any atom is 0.264 e. The van der Waals surface area contributed by atoms with Crippen LogP contribution in [0.4, 0.5) is 5.69 Å². The highest BCUT2D eigenvalue weighted by Gasteiger charge is 2.31. The van der Waals surface area contributed by atoms with E-state index in [1.165, 1.54) is 9.87 Å². The van der Waals surface area contributed by atoms with Gasteiger partial charge < -0.3 is 5.32 Å². The molecule has 31 heavy (non-hydrogen) atoms. The van der Waals surface area contributed by atoms with Crippen molar-refractivity contribution in [3.8, 4) is 0 Å². The number of aryl methyl sites for hydroxylation is 2. The first-order chi connectivity index (χ1) is 14.8. The number of hydrogen-bond acceptors (Lipinski definition) is 3. The Bertz CT molecular complexity index is 1240. The lowest BCUT2D eigenvalue weighted by Crippen LogP contribution is -2.30. The van der Waals surface area contributed by atoms with Crippen molar-refractivity contribution in [2.75, 3.05) is 10.8 Å². The Hall–Kier alpha value is -3.12. The molecule has 0 saturated carbocycles. The van der Waals surface area contributed by atoms with Crippen LogP contribution in [0.25, 0.3) is 0 Å². The van der Waals surface area contributed by atoms with Gasteiger partial charge in [0.15, 0.2) is 0 Å². The van der Waals surface area contributed by atoms with Crippen LogP contribution in [0.15, 0.2) is 71.6 Å². The van der Waals surface area contributed by atoms with Gasteiger partial charge in [0.05, 0.1) is 16.6 Å². The van der Waals surface area contributed by atoms with Crippen molar-refractivity contribution >= 4 is 21.6 Å². The van der Waals surface area contributed by atoms with Gasteiger partial charge in [0.1, 0.15) is 0 Å². The predicted octanol–water partition coefficient (Wildman–Crippen LogP) is 4.55. The summed E-state index contributed by atoms with van der Waals surface area (Å²) in [4.78, 5) is 13.2. The number of amides is 1. The third-order valence-corrected chi connectivity index (χ3v) is 7.60. The number of nitrogens with zero attached hydrogens (tertiary/aromatic N) is 1. The number of anilines is 1. The van der Waals surface area contributed by atoms with Crippen molar-refractivity contribution in [3.05, 3.63) is 94.5 Å². The molecule has 1 aliphatic rings. The number of nitrogens with one attached hydrogen (secondary N) is 1. The summed E-state index contributed by atoms with van der Waals surface area (Å²) in [7, 11) is -3.67. The molecule has 0 spiro atoms. The molecule has 1 aliphatic heterocycles. The van der Waals surface area contributed by atoms with Gasteiger partial charge in [-0.2, -0.15) is 0 Å². The van der Waals surface area contributed by atoms with E-state index in [4.69, 9.17) is 0 Å². The zero-order valence-corrected chi connectivity index (χ0v) is 18.7. The monoisotopic (exact) mass is 434 g/mol. The fraction of sp³-hybridized carbons (Fsp3) is 0.240. The lowest BCUT2D eigenvalue weighted by molar-refractivity contribution is 0.0940. The Kier molecular flexibility index (Phi) is 5.58. The number of fused-ring (bicyclic) bond motifs is 1. The first-order valence-corrected chi connectivity index (χ1v) is 11.8. The summed E-state index contributed by atoms with van der Waals surface area (Å²) in [5.74, 6) is -0.223. The van der Waals surface area contributed by atoms with E-state index in [2.05, 4.69) is 11.4 Å². The van der Waals surface area contributed by atoms with E-state index >= 15 is 0 Å². The summed E-state index contributed by atoms with van der Waals surface area (Å²) in [6.07, 6.45) is 0.627. The normalized spacial score (nSPS) is 14.2. The molecular formula is C25H26N2O3S. The summed E-state index contributed by atoms with van der Waals surface area (Å²) in [6, 6.07) is 19.7. The van der Waals surface area contributed by atoms with E-state index in [0.29, 0.717) is 24.2 Å². The lowest BCUT2D eigenvalue weighted by Gasteiger charge is -2.21. The number of carbonyl (C=O) groups excluding carboxylic acids is 1. The van der Waals surface area contributed by atoms with E-state index in [1.54, 1.807) is 42.5 Å². The fourth-order valence-corrected chi connectivity index (χ4v) is 5.65. The molecule has 1 amide bonds. The maximum atomic E-state index is 13.1. The predicted molar refractivity (Wildman–Crippen MR) is 123 cm³/mol. The van der Waals surface area contributed by atoms with E-state index in [1.807, 2.05) is 39.0 Å². The molecule has 0 aromatic heterocycles. The van der Waals surface area contributed by atoms with Crippen LogP contribution in [0, 0.1) is 13.8 Å². The number of benzene rings is 3. The molecule has 1 unspecified atom stereocenters. The molecule has 160 valence electrons. The Morgan fingerprint density at radius 1 is 1.00 bits per heavy atom. The van der Waals surface area contributed by atoms with Crippen molar-refractivity contribution in [2.45, 2.75) is 38.1 Å². The van der Waals surface area contributed by atoms with Crippen molar-refractivity contribution < 1.29 is 13.2 Å². The summed E-state index contributed by atoms with van der Waals surface area (Å²) in [5.41, 5.74) is 5.33. The molecular weight excluding hydrogens is 408 g/mol. The van der Waals surface area contributed by atoms with Crippen molar-refractivity contribution in [1.82, 2.24) is 5.32 Å². The molecule has 1 heterocycles. The topological polar surface area (TPSA) is 66.5 Å². The Balaban J connectivity index is 1.59. The molecule has 6 heteroatoms. The van der Waals surface area contributed by atoms with Crippen LogP contribution in [0.1, 0.15) is 45.6 Å². The minimum absolute atomic E-state index is 0.162. The number of hydrogen-bond donors (Lipinski definition) is 1. The molecule has 3 aromatic rings. The van der Waals surface area contributed by atoms with Crippen molar-refractivity contribution in [1.29, 1.82) is 0 Å². The smallest absolute Gasteiger partial charge is 0.264 e. The van der Waals surface area contributed by atoms with E-state index < -0.39 is 10.0 Å². The van der Waals surface area contributed by atoms with Gasteiger partial charge in [-0.25, -0.2) is 8.42 Å². The van der Waals surface area contributed by atoms with Crippen LogP contribution < -0.4 is 9.62 Å². The quantitative estimate of drug-likeness (QED) is 0.641. The molecule has 1 atom stereocenters.